The van der Waals surface area contributed by atoms with Gasteiger partial charge in [-0.1, -0.05) is 34.8 Å². The minimum absolute atomic E-state index is 0.443. The van der Waals surface area contributed by atoms with Gasteiger partial charge in [-0.3, -0.25) is 0 Å². The largest absolute Gasteiger partial charge is 0.477 e. The number of hydrogen-bond donors (Lipinski definition) is 2. The van der Waals surface area contributed by atoms with Crippen molar-refractivity contribution in [2.45, 2.75) is 0 Å². The third kappa shape index (κ3) is 4.17. The number of hydrogen-bond acceptors (Lipinski definition) is 2. The van der Waals surface area contributed by atoms with Gasteiger partial charge in [0.25, 0.3) is 0 Å². The summed E-state index contributed by atoms with van der Waals surface area (Å²) in [4.78, 5) is 20.4. The van der Waals surface area contributed by atoms with Gasteiger partial charge in [-0.25, -0.2) is 9.59 Å². The second kappa shape index (κ2) is 5.11. The van der Waals surface area contributed by atoms with E-state index in [0.717, 1.165) is 6.08 Å². The van der Waals surface area contributed by atoms with Crippen LogP contribution in [0.2, 0.25) is 0 Å². The molecule has 0 unspecified atom stereocenters. The zero-order chi connectivity index (χ0) is 10.6. The lowest BCUT2D eigenvalue weighted by molar-refractivity contribution is -0.133. The van der Waals surface area contributed by atoms with Crippen LogP contribution in [0.3, 0.4) is 0 Å². The van der Waals surface area contributed by atoms with Gasteiger partial charge in [0, 0.05) is 0 Å². The highest BCUT2D eigenvalue weighted by Crippen LogP contribution is 2.18. The SMILES string of the molecule is O=C(O)/C(Cl)=C/C(Cl)=C(\Cl)C(=O)O. The zero-order valence-corrected chi connectivity index (χ0v) is 8.19. The predicted molar refractivity (Wildman–Crippen MR) is 47.9 cm³/mol. The van der Waals surface area contributed by atoms with Crippen molar-refractivity contribution in [2.24, 2.45) is 0 Å². The maximum atomic E-state index is 10.2. The number of rotatable bonds is 3. The summed E-state index contributed by atoms with van der Waals surface area (Å²) in [6.07, 6.45) is 0.738. The Balaban J connectivity index is 4.92. The van der Waals surface area contributed by atoms with Gasteiger partial charge in [0.15, 0.2) is 0 Å². The average Bonchev–Trinajstić information content (AvgIpc) is 2.02. The maximum absolute atomic E-state index is 10.2. The third-order valence-electron chi connectivity index (χ3n) is 0.855. The summed E-state index contributed by atoms with van der Waals surface area (Å²) < 4.78 is 0. The molecule has 0 amide bonds. The second-order valence-electron chi connectivity index (χ2n) is 1.76. The molecule has 0 aromatic carbocycles. The fraction of sp³-hybridized carbons (Fsp3) is 0. The highest BCUT2D eigenvalue weighted by atomic mass is 35.5. The fourth-order valence-corrected chi connectivity index (χ4v) is 0.748. The van der Waals surface area contributed by atoms with E-state index in [4.69, 9.17) is 45.0 Å². The van der Waals surface area contributed by atoms with Crippen molar-refractivity contribution in [1.82, 2.24) is 0 Å². The van der Waals surface area contributed by atoms with Crippen molar-refractivity contribution in [2.75, 3.05) is 0 Å². The Morgan fingerprint density at radius 3 is 1.77 bits per heavy atom. The van der Waals surface area contributed by atoms with Crippen molar-refractivity contribution >= 4 is 46.7 Å². The smallest absolute Gasteiger partial charge is 0.348 e. The Morgan fingerprint density at radius 2 is 1.46 bits per heavy atom. The summed E-state index contributed by atoms with van der Waals surface area (Å²) in [6.45, 7) is 0. The van der Waals surface area contributed by atoms with Gasteiger partial charge in [-0.05, 0) is 6.08 Å². The van der Waals surface area contributed by atoms with E-state index >= 15 is 0 Å². The van der Waals surface area contributed by atoms with E-state index in [1.165, 1.54) is 0 Å². The van der Waals surface area contributed by atoms with Crippen molar-refractivity contribution < 1.29 is 19.8 Å². The van der Waals surface area contributed by atoms with Gasteiger partial charge < -0.3 is 10.2 Å². The Morgan fingerprint density at radius 1 is 1.00 bits per heavy atom. The van der Waals surface area contributed by atoms with Crippen molar-refractivity contribution in [3.63, 3.8) is 0 Å². The Labute approximate surface area is 88.0 Å². The number of carboxylic acid groups (broad SMARTS) is 2. The van der Waals surface area contributed by atoms with Crippen LogP contribution in [0.5, 0.6) is 0 Å². The molecular weight excluding hydrogens is 242 g/mol. The summed E-state index contributed by atoms with van der Waals surface area (Å²) >= 11 is 15.6. The zero-order valence-electron chi connectivity index (χ0n) is 5.92. The molecule has 13 heavy (non-hydrogen) atoms. The normalized spacial score (nSPS) is 13.6. The predicted octanol–water partition coefficient (Wildman–Crippen LogP) is 1.97. The molecule has 2 N–H and O–H groups in total. The van der Waals surface area contributed by atoms with Crippen LogP contribution in [0, 0.1) is 0 Å². The molecule has 0 aliphatic carbocycles. The van der Waals surface area contributed by atoms with Gasteiger partial charge in [-0.15, -0.1) is 0 Å². The van der Waals surface area contributed by atoms with E-state index in [2.05, 4.69) is 0 Å². The van der Waals surface area contributed by atoms with Crippen LogP contribution in [0.4, 0.5) is 0 Å². The van der Waals surface area contributed by atoms with E-state index in [0.29, 0.717) is 0 Å². The molecule has 0 atom stereocenters. The van der Waals surface area contributed by atoms with Crippen molar-refractivity contribution in [3.8, 4) is 0 Å². The van der Waals surface area contributed by atoms with Crippen molar-refractivity contribution in [1.29, 1.82) is 0 Å². The van der Waals surface area contributed by atoms with Crippen LogP contribution in [0.1, 0.15) is 0 Å². The Hall–Kier alpha value is -0.710. The summed E-state index contributed by atoms with van der Waals surface area (Å²) in [5.74, 6) is -2.88. The van der Waals surface area contributed by atoms with Crippen LogP contribution in [0.15, 0.2) is 21.2 Å². The molecule has 0 aromatic rings. The molecule has 0 spiro atoms. The first-order valence-electron chi connectivity index (χ1n) is 2.75. The van der Waals surface area contributed by atoms with E-state index in [9.17, 15) is 9.59 Å². The Kier molecular flexibility index (Phi) is 4.83. The first-order chi connectivity index (χ1) is 5.86. The second-order valence-corrected chi connectivity index (χ2v) is 2.96. The quantitative estimate of drug-likeness (QED) is 0.589. The molecule has 0 aromatic heterocycles. The summed E-state index contributed by atoms with van der Waals surface area (Å²) in [6, 6.07) is 0. The molecule has 0 saturated heterocycles. The van der Waals surface area contributed by atoms with Gasteiger partial charge in [-0.2, -0.15) is 0 Å². The summed E-state index contributed by atoms with van der Waals surface area (Å²) in [5.41, 5.74) is 0. The molecule has 7 heteroatoms. The number of halogens is 3. The van der Waals surface area contributed by atoms with E-state index in [1.807, 2.05) is 0 Å². The number of carbonyl (C=O) groups is 2. The molecular formula is C6H3Cl3O4. The molecule has 0 aliphatic heterocycles. The molecule has 0 bridgehead atoms. The lowest BCUT2D eigenvalue weighted by atomic mass is 10.4. The summed E-state index contributed by atoms with van der Waals surface area (Å²) in [5, 5.41) is 14.8. The van der Waals surface area contributed by atoms with Gasteiger partial charge in [0.05, 0.1) is 5.03 Å². The van der Waals surface area contributed by atoms with Crippen LogP contribution in [-0.4, -0.2) is 22.2 Å². The monoisotopic (exact) mass is 244 g/mol. The van der Waals surface area contributed by atoms with Gasteiger partial charge in [0.1, 0.15) is 10.1 Å². The van der Waals surface area contributed by atoms with E-state index < -0.39 is 27.0 Å². The lowest BCUT2D eigenvalue weighted by Crippen LogP contribution is -1.97. The molecule has 0 rings (SSSR count). The standard InChI is InChI=1S/C6H3Cl3O4/c7-2(4(9)6(12)13)1-3(8)5(10)11/h1H,(H,10,11)(H,12,13)/b3-1-,4-2+. The Bertz CT molecular complexity index is 305. The molecule has 72 valence electrons. The highest BCUT2D eigenvalue weighted by Gasteiger charge is 2.10. The first kappa shape index (κ1) is 12.3. The topological polar surface area (TPSA) is 74.6 Å². The van der Waals surface area contributed by atoms with Crippen LogP contribution < -0.4 is 0 Å². The highest BCUT2D eigenvalue weighted by molar-refractivity contribution is 6.49. The molecule has 0 saturated carbocycles. The van der Waals surface area contributed by atoms with E-state index in [-0.39, 0.29) is 0 Å². The minimum atomic E-state index is -1.46. The van der Waals surface area contributed by atoms with Crippen LogP contribution >= 0.6 is 34.8 Å². The molecule has 4 nitrogen and oxygen atoms in total. The molecule has 0 aliphatic rings. The third-order valence-corrected chi connectivity index (χ3v) is 1.89. The lowest BCUT2D eigenvalue weighted by Gasteiger charge is -1.93. The van der Waals surface area contributed by atoms with E-state index in [1.54, 1.807) is 0 Å². The minimum Gasteiger partial charge on any atom is -0.477 e. The molecule has 0 radical (unpaired) electrons. The molecule has 0 fully saturated rings. The first-order valence-corrected chi connectivity index (χ1v) is 3.88. The summed E-state index contributed by atoms with van der Waals surface area (Å²) in [7, 11) is 0. The fourth-order valence-electron chi connectivity index (χ4n) is 0.339. The number of aliphatic carboxylic acids is 2. The van der Waals surface area contributed by atoms with Gasteiger partial charge in [0.2, 0.25) is 0 Å². The molecule has 0 heterocycles. The maximum Gasteiger partial charge on any atom is 0.348 e. The number of carboxylic acids is 2. The van der Waals surface area contributed by atoms with Crippen LogP contribution in [-0.2, 0) is 9.59 Å². The number of allylic oxidation sites excluding steroid dienone is 2. The van der Waals surface area contributed by atoms with Crippen LogP contribution in [0.25, 0.3) is 0 Å². The van der Waals surface area contributed by atoms with Gasteiger partial charge >= 0.3 is 11.9 Å². The van der Waals surface area contributed by atoms with Crippen molar-refractivity contribution in [3.05, 3.63) is 21.2 Å². The average molecular weight is 245 g/mol.